The molecular weight excluding hydrogens is 252 g/mol. The summed E-state index contributed by atoms with van der Waals surface area (Å²) in [6.45, 7) is 1.19. The van der Waals surface area contributed by atoms with Gasteiger partial charge < -0.3 is 15.3 Å². The van der Waals surface area contributed by atoms with E-state index in [0.717, 1.165) is 11.3 Å². The number of likely N-dealkylation sites (N-methyl/N-ethyl adjacent to an activating group) is 1. The summed E-state index contributed by atoms with van der Waals surface area (Å²) in [5, 5.41) is 10.2. The van der Waals surface area contributed by atoms with Crippen LogP contribution < -0.4 is 5.73 Å². The lowest BCUT2D eigenvalue weighted by Crippen LogP contribution is -2.43. The van der Waals surface area contributed by atoms with Crippen LogP contribution in [0.5, 0.6) is 0 Å². The van der Waals surface area contributed by atoms with Gasteiger partial charge in [-0.05, 0) is 31.2 Å². The minimum Gasteiger partial charge on any atom is -0.468 e. The molecule has 0 radical (unpaired) electrons. The van der Waals surface area contributed by atoms with Crippen LogP contribution in [0, 0.1) is 0 Å². The predicted molar refractivity (Wildman–Crippen MR) is 79.2 cm³/mol. The molecule has 0 aliphatic heterocycles. The van der Waals surface area contributed by atoms with Gasteiger partial charge in [0.1, 0.15) is 5.76 Å². The van der Waals surface area contributed by atoms with E-state index in [9.17, 15) is 5.11 Å². The Hall–Kier alpha value is -1.62. The van der Waals surface area contributed by atoms with E-state index in [0.29, 0.717) is 19.5 Å². The van der Waals surface area contributed by atoms with E-state index in [4.69, 9.17) is 10.2 Å². The van der Waals surface area contributed by atoms with Crippen LogP contribution in [0.15, 0.2) is 53.1 Å². The highest BCUT2D eigenvalue weighted by atomic mass is 16.3. The Labute approximate surface area is 119 Å². The molecule has 0 fully saturated rings. The molecule has 20 heavy (non-hydrogen) atoms. The van der Waals surface area contributed by atoms with E-state index in [1.54, 1.807) is 6.26 Å². The highest BCUT2D eigenvalue weighted by molar-refractivity contribution is 5.16. The molecule has 2 atom stereocenters. The first-order valence-electron chi connectivity index (χ1n) is 6.83. The van der Waals surface area contributed by atoms with Crippen molar-refractivity contribution < 1.29 is 9.52 Å². The second-order valence-electron chi connectivity index (χ2n) is 5.20. The van der Waals surface area contributed by atoms with Crippen molar-refractivity contribution in [3.8, 4) is 0 Å². The maximum atomic E-state index is 10.2. The lowest BCUT2D eigenvalue weighted by Gasteiger charge is -2.24. The molecule has 0 bridgehead atoms. The SMILES string of the molecule is CN(Cc1ccco1)CC(O)C(N)Cc1ccccc1. The van der Waals surface area contributed by atoms with Crippen LogP contribution >= 0.6 is 0 Å². The van der Waals surface area contributed by atoms with Crippen molar-refractivity contribution in [2.45, 2.75) is 25.1 Å². The summed E-state index contributed by atoms with van der Waals surface area (Å²) < 4.78 is 5.29. The number of nitrogens with two attached hydrogens (primary N) is 1. The molecule has 108 valence electrons. The average molecular weight is 274 g/mol. The first-order valence-corrected chi connectivity index (χ1v) is 6.83. The Morgan fingerprint density at radius 1 is 1.20 bits per heavy atom. The number of aliphatic hydroxyl groups is 1. The average Bonchev–Trinajstić information content (AvgIpc) is 2.92. The van der Waals surface area contributed by atoms with Crippen LogP contribution in [0.25, 0.3) is 0 Å². The topological polar surface area (TPSA) is 62.6 Å². The van der Waals surface area contributed by atoms with Crippen LogP contribution in [0.1, 0.15) is 11.3 Å². The highest BCUT2D eigenvalue weighted by Gasteiger charge is 2.17. The number of benzene rings is 1. The normalized spacial score (nSPS) is 14.4. The lowest BCUT2D eigenvalue weighted by molar-refractivity contribution is 0.0965. The molecule has 0 saturated carbocycles. The van der Waals surface area contributed by atoms with Gasteiger partial charge in [0.25, 0.3) is 0 Å². The van der Waals surface area contributed by atoms with Crippen LogP contribution in [-0.2, 0) is 13.0 Å². The smallest absolute Gasteiger partial charge is 0.117 e. The molecule has 0 spiro atoms. The van der Waals surface area contributed by atoms with Crippen LogP contribution in [0.4, 0.5) is 0 Å². The van der Waals surface area contributed by atoms with Gasteiger partial charge in [-0.3, -0.25) is 4.90 Å². The summed E-state index contributed by atoms with van der Waals surface area (Å²) in [5.74, 6) is 0.885. The zero-order valence-electron chi connectivity index (χ0n) is 11.8. The molecule has 4 heteroatoms. The number of nitrogens with zero attached hydrogens (tertiary/aromatic N) is 1. The Bertz CT molecular complexity index is 484. The minimum atomic E-state index is -0.560. The van der Waals surface area contributed by atoms with Crippen molar-refractivity contribution in [2.75, 3.05) is 13.6 Å². The fraction of sp³-hybridized carbons (Fsp3) is 0.375. The first kappa shape index (κ1) is 14.8. The molecule has 0 saturated heterocycles. The molecule has 2 rings (SSSR count). The maximum Gasteiger partial charge on any atom is 0.117 e. The maximum absolute atomic E-state index is 10.2. The van der Waals surface area contributed by atoms with Crippen LogP contribution in [-0.4, -0.2) is 35.7 Å². The number of furan rings is 1. The molecule has 0 aliphatic carbocycles. The summed E-state index contributed by atoms with van der Waals surface area (Å²) in [6, 6.07) is 13.5. The summed E-state index contributed by atoms with van der Waals surface area (Å²) >= 11 is 0. The Balaban J connectivity index is 1.80. The van der Waals surface area contributed by atoms with E-state index in [-0.39, 0.29) is 6.04 Å². The fourth-order valence-electron chi connectivity index (χ4n) is 2.21. The number of rotatable bonds is 7. The van der Waals surface area contributed by atoms with Crippen molar-refractivity contribution >= 4 is 0 Å². The zero-order valence-corrected chi connectivity index (χ0v) is 11.8. The van der Waals surface area contributed by atoms with Gasteiger partial charge in [0.2, 0.25) is 0 Å². The lowest BCUT2D eigenvalue weighted by atomic mass is 10.0. The molecule has 1 heterocycles. The fourth-order valence-corrected chi connectivity index (χ4v) is 2.21. The molecule has 1 aromatic carbocycles. The summed E-state index contributed by atoms with van der Waals surface area (Å²) in [4.78, 5) is 2.01. The van der Waals surface area contributed by atoms with Gasteiger partial charge in [0.15, 0.2) is 0 Å². The predicted octanol–water partition coefficient (Wildman–Crippen LogP) is 1.64. The van der Waals surface area contributed by atoms with Crippen molar-refractivity contribution in [1.82, 2.24) is 4.90 Å². The van der Waals surface area contributed by atoms with Gasteiger partial charge in [0, 0.05) is 12.6 Å². The summed E-state index contributed by atoms with van der Waals surface area (Å²) in [5.41, 5.74) is 7.22. The molecule has 2 aromatic rings. The molecule has 0 amide bonds. The van der Waals surface area contributed by atoms with Gasteiger partial charge in [-0.15, -0.1) is 0 Å². The van der Waals surface area contributed by atoms with Crippen molar-refractivity contribution in [2.24, 2.45) is 5.73 Å². The van der Waals surface area contributed by atoms with E-state index in [1.165, 1.54) is 0 Å². The van der Waals surface area contributed by atoms with Gasteiger partial charge in [-0.25, -0.2) is 0 Å². The van der Waals surface area contributed by atoms with Gasteiger partial charge >= 0.3 is 0 Å². The molecule has 1 aromatic heterocycles. The Morgan fingerprint density at radius 3 is 2.60 bits per heavy atom. The molecule has 0 aliphatic rings. The third kappa shape index (κ3) is 4.49. The van der Waals surface area contributed by atoms with Gasteiger partial charge in [-0.1, -0.05) is 30.3 Å². The van der Waals surface area contributed by atoms with Crippen molar-refractivity contribution in [3.05, 3.63) is 60.1 Å². The summed E-state index contributed by atoms with van der Waals surface area (Å²) in [7, 11) is 1.95. The quantitative estimate of drug-likeness (QED) is 0.806. The highest BCUT2D eigenvalue weighted by Crippen LogP contribution is 2.08. The second kappa shape index (κ2) is 7.24. The molecule has 4 nitrogen and oxygen atoms in total. The van der Waals surface area contributed by atoms with E-state index in [2.05, 4.69) is 0 Å². The molecular formula is C16H22N2O2. The second-order valence-corrected chi connectivity index (χ2v) is 5.20. The number of aliphatic hydroxyl groups excluding tert-OH is 1. The Kier molecular flexibility index (Phi) is 5.35. The van der Waals surface area contributed by atoms with Gasteiger partial charge in [-0.2, -0.15) is 0 Å². The van der Waals surface area contributed by atoms with E-state index in [1.807, 2.05) is 54.4 Å². The standard InChI is InChI=1S/C16H22N2O2/c1-18(11-14-8-5-9-20-14)12-16(19)15(17)10-13-6-3-2-4-7-13/h2-9,15-16,19H,10-12,17H2,1H3. The van der Waals surface area contributed by atoms with E-state index < -0.39 is 6.10 Å². The van der Waals surface area contributed by atoms with Crippen LogP contribution in [0.2, 0.25) is 0 Å². The number of hydrogen-bond acceptors (Lipinski definition) is 4. The third-order valence-corrected chi connectivity index (χ3v) is 3.31. The minimum absolute atomic E-state index is 0.267. The van der Waals surface area contributed by atoms with Crippen LogP contribution in [0.3, 0.4) is 0 Å². The first-order chi connectivity index (χ1) is 9.65. The monoisotopic (exact) mass is 274 g/mol. The zero-order chi connectivity index (χ0) is 14.4. The third-order valence-electron chi connectivity index (χ3n) is 3.31. The molecule has 3 N–H and O–H groups in total. The number of hydrogen-bond donors (Lipinski definition) is 2. The van der Waals surface area contributed by atoms with Crippen molar-refractivity contribution in [3.63, 3.8) is 0 Å². The molecule has 2 unspecified atom stereocenters. The van der Waals surface area contributed by atoms with Crippen molar-refractivity contribution in [1.29, 1.82) is 0 Å². The van der Waals surface area contributed by atoms with E-state index >= 15 is 0 Å². The Morgan fingerprint density at radius 2 is 1.95 bits per heavy atom. The summed E-state index contributed by atoms with van der Waals surface area (Å²) in [6.07, 6.45) is 1.77. The van der Waals surface area contributed by atoms with Gasteiger partial charge in [0.05, 0.1) is 18.9 Å². The largest absolute Gasteiger partial charge is 0.468 e.